The van der Waals surface area contributed by atoms with Crippen LogP contribution in [0.3, 0.4) is 0 Å². The molecular weight excluding hydrogens is 1140 g/mol. The van der Waals surface area contributed by atoms with Gasteiger partial charge < -0.3 is 69.2 Å². The number of nitrogens with two attached hydrogens (primary N) is 4. The van der Waals surface area contributed by atoms with Crippen LogP contribution in [-0.2, 0) is 60.7 Å². The number of phenolic OH excluding ortho intramolecular Hbond substituents is 1. The molecule has 0 heterocycles. The van der Waals surface area contributed by atoms with Gasteiger partial charge in [0, 0.05) is 52.2 Å². The minimum atomic E-state index is -1.99. The number of aliphatic hydroxyl groups excluding tert-OH is 2. The molecule has 0 aromatic heterocycles. The molecule has 8 atom stereocenters. The van der Waals surface area contributed by atoms with Crippen molar-refractivity contribution in [2.24, 2.45) is 28.9 Å². The molecule has 4 rings (SSSR count). The lowest BCUT2D eigenvalue weighted by Gasteiger charge is -2.36. The van der Waals surface area contributed by atoms with E-state index in [4.69, 9.17) is 33.1 Å². The zero-order valence-corrected chi connectivity index (χ0v) is 52.3. The quantitative estimate of drug-likeness (QED) is 0.00779. The summed E-state index contributed by atoms with van der Waals surface area (Å²) in [5.74, 6) is -9.86. The van der Waals surface area contributed by atoms with Crippen LogP contribution in [0.25, 0.3) is 10.8 Å². The van der Waals surface area contributed by atoms with Gasteiger partial charge in [0.1, 0.15) is 35.0 Å². The Balaban J connectivity index is 1.95. The molecule has 0 saturated heterocycles. The second kappa shape index (κ2) is 34.3. The molecule has 4 aromatic carbocycles. The van der Waals surface area contributed by atoms with Crippen molar-refractivity contribution in [3.63, 3.8) is 0 Å². The van der Waals surface area contributed by atoms with Gasteiger partial charge in [0.05, 0.1) is 43.9 Å². The first-order chi connectivity index (χ1) is 42.0. The van der Waals surface area contributed by atoms with Gasteiger partial charge in [0.15, 0.2) is 23.3 Å². The highest BCUT2D eigenvalue weighted by Gasteiger charge is 2.42. The van der Waals surface area contributed by atoms with Gasteiger partial charge in [-0.2, -0.15) is 0 Å². The van der Waals surface area contributed by atoms with E-state index < -0.39 is 150 Å². The number of aliphatic hydroxyl groups is 2. The van der Waals surface area contributed by atoms with Crippen LogP contribution in [0.5, 0.6) is 5.75 Å². The van der Waals surface area contributed by atoms with Crippen molar-refractivity contribution in [2.75, 3.05) is 46.9 Å². The molecule has 0 spiro atoms. The molecule has 16 N–H and O–H groups in total. The van der Waals surface area contributed by atoms with Crippen molar-refractivity contribution in [3.8, 4) is 5.75 Å². The Morgan fingerprint density at radius 2 is 1.27 bits per heavy atom. The lowest BCUT2D eigenvalue weighted by Crippen LogP contribution is -2.58. The molecule has 89 heavy (non-hydrogen) atoms. The number of carbonyl (C=O) groups excluding carboxylic acids is 9. The smallest absolute Gasteiger partial charge is 0.254 e. The third kappa shape index (κ3) is 21.1. The Morgan fingerprint density at radius 3 is 1.84 bits per heavy atom. The fraction of sp³-hybridized carbons (Fsp3) is 0.469. The van der Waals surface area contributed by atoms with Gasteiger partial charge in [-0.1, -0.05) is 98.8 Å². The fourth-order valence-corrected chi connectivity index (χ4v) is 10.2. The Hall–Kier alpha value is -8.46. The number of fused-ring (bicyclic) bond motifs is 1. The number of Topliss-reactive ketones (excluding diaryl/α,β-unsaturated/α-hetero) is 3. The van der Waals surface area contributed by atoms with Gasteiger partial charge in [-0.3, -0.25) is 58.4 Å². The normalized spacial score (nSPS) is 14.5. The summed E-state index contributed by atoms with van der Waals surface area (Å²) < 4.78 is 6.52. The number of phenols is 1. The van der Waals surface area contributed by atoms with Crippen molar-refractivity contribution in [1.29, 1.82) is 5.41 Å². The average molecular weight is 1240 g/mol. The first-order valence-corrected chi connectivity index (χ1v) is 29.5. The zero-order valence-electron chi connectivity index (χ0n) is 52.3. The second-order valence-electron chi connectivity index (χ2n) is 23.3. The Morgan fingerprint density at radius 1 is 0.685 bits per heavy atom. The predicted octanol–water partition coefficient (Wildman–Crippen LogP) is 1.12. The molecule has 0 aliphatic heterocycles. The Bertz CT molecular complexity index is 3130. The molecular formula is C64H90N12O13. The topological polar surface area (TPSA) is 409 Å². The molecule has 25 heteroatoms. The summed E-state index contributed by atoms with van der Waals surface area (Å²) in [5, 5.41) is 51.0. The van der Waals surface area contributed by atoms with E-state index in [0.717, 1.165) is 26.1 Å². The van der Waals surface area contributed by atoms with Gasteiger partial charge >= 0.3 is 0 Å². The second-order valence-corrected chi connectivity index (χ2v) is 23.3. The summed E-state index contributed by atoms with van der Waals surface area (Å²) in [7, 11) is 2.93. The molecule has 0 radical (unpaired) electrons. The van der Waals surface area contributed by atoms with Gasteiger partial charge in [0.25, 0.3) is 5.91 Å². The summed E-state index contributed by atoms with van der Waals surface area (Å²) in [5.41, 5.74) is 24.4. The van der Waals surface area contributed by atoms with Crippen molar-refractivity contribution in [3.05, 3.63) is 125 Å². The molecule has 6 amide bonds. The van der Waals surface area contributed by atoms with Gasteiger partial charge in [-0.05, 0) is 99.5 Å². The highest BCUT2D eigenvalue weighted by atomic mass is 16.5. The molecule has 0 aliphatic carbocycles. The largest absolute Gasteiger partial charge is 0.508 e. The van der Waals surface area contributed by atoms with E-state index in [-0.39, 0.29) is 56.9 Å². The first-order valence-electron chi connectivity index (χ1n) is 29.5. The van der Waals surface area contributed by atoms with Crippen LogP contribution < -0.4 is 44.2 Å². The standard InChI is InChI=1S/C64H90N12O13/c1-37(2)53(45-23-15-21-42-20-13-14-22-44(42)45)55(67)61(88)74(9)50(24-16-30-75(39(4)79)63(68)69)51(81)25-17-31-76(60(87)49(36-78)73-59(86)48(72-58(85)46(66)35-77)33-41-26-28-43(80)29-27-41)62(89-64(5,6)7)54(56(83)38(3)65)57(84)47(71-52(82)34-70-8)32-40-18-11-10-12-19-40/h10-15,18-23,26-29,37-38,46-50,53,55,70,77-78,80H,16-17,24-25,30-36,65-67H2,1-9H3,(H3,68,69)(H,71,82)(H,72,85)(H,73,86)/t38-,46-,47-,48-,49+,50-,53?,55-/m0/s1. The van der Waals surface area contributed by atoms with E-state index in [2.05, 4.69) is 21.3 Å². The third-order valence-corrected chi connectivity index (χ3v) is 14.7. The highest BCUT2D eigenvalue weighted by Crippen LogP contribution is 2.34. The molecule has 484 valence electrons. The summed E-state index contributed by atoms with van der Waals surface area (Å²) in [6, 6.07) is 17.0. The van der Waals surface area contributed by atoms with Crippen LogP contribution in [0, 0.1) is 11.3 Å². The van der Waals surface area contributed by atoms with Crippen molar-refractivity contribution < 1.29 is 63.2 Å². The number of rotatable bonds is 34. The predicted molar refractivity (Wildman–Crippen MR) is 336 cm³/mol. The monoisotopic (exact) mass is 1230 g/mol. The minimum Gasteiger partial charge on any atom is -0.508 e. The highest BCUT2D eigenvalue weighted by molar-refractivity contribution is 6.24. The summed E-state index contributed by atoms with van der Waals surface area (Å²) in [6.07, 6.45) is -1.29. The number of carbonyl (C=O) groups is 9. The van der Waals surface area contributed by atoms with Crippen LogP contribution in [0.15, 0.2) is 109 Å². The van der Waals surface area contributed by atoms with E-state index in [1.54, 1.807) is 51.1 Å². The summed E-state index contributed by atoms with van der Waals surface area (Å²) in [6.45, 7) is 8.01. The fourth-order valence-electron chi connectivity index (χ4n) is 10.2. The van der Waals surface area contributed by atoms with E-state index in [1.165, 1.54) is 57.1 Å². The first kappa shape index (κ1) is 73.0. The molecule has 25 nitrogen and oxygen atoms in total. The van der Waals surface area contributed by atoms with E-state index in [1.807, 2.05) is 56.3 Å². The molecule has 0 saturated carbocycles. The number of aromatic hydroxyl groups is 1. The number of ketones is 3. The Labute approximate surface area is 519 Å². The van der Waals surface area contributed by atoms with E-state index in [9.17, 15) is 44.1 Å². The molecule has 4 aromatic rings. The van der Waals surface area contributed by atoms with Gasteiger partial charge in [-0.25, -0.2) is 0 Å². The number of nitrogens with zero attached hydrogens (tertiary/aromatic N) is 3. The van der Waals surface area contributed by atoms with Crippen LogP contribution in [0.1, 0.15) is 96.8 Å². The van der Waals surface area contributed by atoms with Crippen LogP contribution in [0.2, 0.25) is 0 Å². The molecule has 1 unspecified atom stereocenters. The van der Waals surface area contributed by atoms with Crippen LogP contribution in [-0.4, -0.2) is 184 Å². The average Bonchev–Trinajstić information content (AvgIpc) is 2.50. The maximum Gasteiger partial charge on any atom is 0.254 e. The lowest BCUT2D eigenvalue weighted by atomic mass is 9.80. The van der Waals surface area contributed by atoms with Crippen molar-refractivity contribution in [2.45, 2.75) is 141 Å². The number of guanidine groups is 1. The lowest BCUT2D eigenvalue weighted by molar-refractivity contribution is -0.141. The maximum atomic E-state index is 15.6. The molecule has 0 aliphatic rings. The van der Waals surface area contributed by atoms with Crippen LogP contribution >= 0.6 is 0 Å². The van der Waals surface area contributed by atoms with Gasteiger partial charge in [0.2, 0.25) is 35.4 Å². The Kier molecular flexibility index (Phi) is 28.2. The van der Waals surface area contributed by atoms with E-state index in [0.29, 0.717) is 11.1 Å². The van der Waals surface area contributed by atoms with Gasteiger partial charge in [-0.15, -0.1) is 0 Å². The number of likely N-dealkylation sites (N-methyl/N-ethyl adjacent to an activating group) is 2. The van der Waals surface area contributed by atoms with E-state index >= 15 is 14.4 Å². The number of nitrogens with one attached hydrogen (secondary N) is 5. The number of amides is 6. The van der Waals surface area contributed by atoms with Crippen LogP contribution in [0.4, 0.5) is 0 Å². The zero-order chi connectivity index (χ0) is 66.4. The third-order valence-electron chi connectivity index (χ3n) is 14.7. The maximum absolute atomic E-state index is 15.6. The van der Waals surface area contributed by atoms with Crippen molar-refractivity contribution in [1.82, 2.24) is 36.0 Å². The number of benzene rings is 4. The summed E-state index contributed by atoms with van der Waals surface area (Å²) in [4.78, 5) is 133. The number of hydrogen-bond donors (Lipinski definition) is 12. The molecule has 0 bridgehead atoms. The summed E-state index contributed by atoms with van der Waals surface area (Å²) >= 11 is 0. The SMILES string of the molecule is CNCC(=O)N[C@@H](Cc1ccccc1)C(=O)C(C(=O)[C@H](C)N)=C(OC(C)(C)C)N(CCCC(=O)[C@H](CCCN(C(=N)N)C(C)=O)N(C)C(=O)[C@@H](N)C(c1cccc2ccccc12)C(C)C)C(=O)[C@@H](CO)NC(=O)[C@H](Cc1ccc(O)cc1)NC(=O)[C@@H](N)CO. The number of ether oxygens (including phenoxy) is 1. The van der Waals surface area contributed by atoms with Crippen molar-refractivity contribution >= 4 is 69.5 Å². The molecule has 0 fully saturated rings. The minimum absolute atomic E-state index is 0.0497. The number of hydrogen-bond acceptors (Lipinski definition) is 18.